The number of Topliss-reactive ketones (excluding diaryl/α,β-unsaturated/α-hetero) is 1. The highest BCUT2D eigenvalue weighted by Crippen LogP contribution is 2.48. The average Bonchev–Trinajstić information content (AvgIpc) is 3.16. The Kier molecular flexibility index (Phi) is 6.96. The zero-order valence-corrected chi connectivity index (χ0v) is 20.5. The Morgan fingerprint density at radius 1 is 0.861 bits per heavy atom. The maximum Gasteiger partial charge on any atom is 0.282 e. The second-order valence-corrected chi connectivity index (χ2v) is 8.88. The highest BCUT2D eigenvalue weighted by atomic mass is 35.5. The van der Waals surface area contributed by atoms with Crippen LogP contribution < -0.4 is 5.43 Å². The molecular weight excluding hydrogens is 558 g/mol. The predicted octanol–water partition coefficient (Wildman–Crippen LogP) is 6.23. The van der Waals surface area contributed by atoms with Crippen molar-refractivity contribution >= 4 is 75.2 Å². The van der Waals surface area contributed by atoms with Gasteiger partial charge in [0.05, 0.1) is 41.6 Å². The van der Waals surface area contributed by atoms with Gasteiger partial charge in [-0.1, -0.05) is 76.7 Å². The van der Waals surface area contributed by atoms with E-state index in [1.54, 1.807) is 30.3 Å². The van der Waals surface area contributed by atoms with E-state index in [0.717, 1.165) is 18.2 Å². The molecule has 14 heteroatoms. The molecule has 0 aromatic heterocycles. The van der Waals surface area contributed by atoms with E-state index in [0.29, 0.717) is 5.56 Å². The number of amides is 1. The van der Waals surface area contributed by atoms with E-state index in [1.807, 2.05) is 0 Å². The molecule has 4 rings (SSSR count). The molecule has 0 heterocycles. The minimum Gasteiger partial charge on any atom is -0.293 e. The number of non-ortho nitro benzene ring substituents is 1. The molecule has 0 saturated heterocycles. The van der Waals surface area contributed by atoms with Gasteiger partial charge in [-0.05, 0) is 5.56 Å². The van der Waals surface area contributed by atoms with Crippen LogP contribution in [0.5, 0.6) is 0 Å². The molecule has 10 nitrogen and oxygen atoms in total. The van der Waals surface area contributed by atoms with Crippen molar-refractivity contribution in [2.45, 2.75) is 5.92 Å². The van der Waals surface area contributed by atoms with Crippen LogP contribution in [0.15, 0.2) is 53.6 Å². The Labute approximate surface area is 221 Å². The fourth-order valence-electron chi connectivity index (χ4n) is 3.74. The molecule has 1 N–H and O–H groups in total. The van der Waals surface area contributed by atoms with E-state index in [2.05, 4.69) is 10.5 Å². The van der Waals surface area contributed by atoms with Gasteiger partial charge in [-0.3, -0.25) is 29.8 Å². The van der Waals surface area contributed by atoms with Gasteiger partial charge in [-0.15, -0.1) is 0 Å². The second kappa shape index (κ2) is 9.82. The van der Waals surface area contributed by atoms with Crippen molar-refractivity contribution in [1.29, 1.82) is 0 Å². The normalized spacial score (nSPS) is 15.6. The number of hydrogen-bond acceptors (Lipinski definition) is 7. The van der Waals surface area contributed by atoms with Gasteiger partial charge in [0.15, 0.2) is 5.78 Å². The molecule has 0 spiro atoms. The summed E-state index contributed by atoms with van der Waals surface area (Å²) in [7, 11) is 0. The molecule has 0 bridgehead atoms. The van der Waals surface area contributed by atoms with Crippen LogP contribution in [0.4, 0.5) is 11.4 Å². The van der Waals surface area contributed by atoms with Crippen molar-refractivity contribution < 1.29 is 19.4 Å². The van der Waals surface area contributed by atoms with Gasteiger partial charge < -0.3 is 0 Å². The lowest BCUT2D eigenvalue weighted by Crippen LogP contribution is -2.23. The summed E-state index contributed by atoms with van der Waals surface area (Å²) >= 11 is 25.0. The number of fused-ring (bicyclic) bond motifs is 1. The summed E-state index contributed by atoms with van der Waals surface area (Å²) in [6.07, 6.45) is 0. The van der Waals surface area contributed by atoms with Gasteiger partial charge in [0.2, 0.25) is 0 Å². The number of ketones is 1. The third-order valence-electron chi connectivity index (χ3n) is 5.35. The average molecular weight is 568 g/mol. The number of nitro groups is 2. The van der Waals surface area contributed by atoms with Gasteiger partial charge >= 0.3 is 0 Å². The minimum absolute atomic E-state index is 0.0313. The van der Waals surface area contributed by atoms with Crippen molar-refractivity contribution in [3.63, 3.8) is 0 Å². The topological polar surface area (TPSA) is 145 Å². The van der Waals surface area contributed by atoms with Crippen molar-refractivity contribution in [2.75, 3.05) is 0 Å². The Bertz CT molecular complexity index is 1510. The van der Waals surface area contributed by atoms with Crippen LogP contribution in [-0.2, 0) is 0 Å². The molecule has 0 fully saturated rings. The Hall–Kier alpha value is -3.57. The van der Waals surface area contributed by atoms with E-state index in [-0.39, 0.29) is 36.9 Å². The molecule has 1 aliphatic rings. The number of nitro benzene ring substituents is 2. The van der Waals surface area contributed by atoms with Gasteiger partial charge in [0.25, 0.3) is 17.3 Å². The molecule has 1 amide bonds. The van der Waals surface area contributed by atoms with Gasteiger partial charge in [-0.2, -0.15) is 5.10 Å². The largest absolute Gasteiger partial charge is 0.293 e. The van der Waals surface area contributed by atoms with Crippen molar-refractivity contribution in [1.82, 2.24) is 5.43 Å². The summed E-state index contributed by atoms with van der Waals surface area (Å²) in [5.41, 5.74) is 0.702. The number of carbonyl (C=O) groups is 2. The molecule has 0 radical (unpaired) electrons. The first-order valence-electron chi connectivity index (χ1n) is 9.80. The molecule has 1 aliphatic carbocycles. The summed E-state index contributed by atoms with van der Waals surface area (Å²) in [5, 5.41) is 26.0. The summed E-state index contributed by atoms with van der Waals surface area (Å²) in [6, 6.07) is 10.8. The van der Waals surface area contributed by atoms with Crippen LogP contribution in [0.1, 0.15) is 37.8 Å². The molecule has 36 heavy (non-hydrogen) atoms. The Morgan fingerprint density at radius 2 is 1.47 bits per heavy atom. The molecule has 182 valence electrons. The first-order valence-corrected chi connectivity index (χ1v) is 11.3. The van der Waals surface area contributed by atoms with Crippen molar-refractivity contribution in [2.24, 2.45) is 5.10 Å². The highest BCUT2D eigenvalue weighted by molar-refractivity contribution is 6.56. The molecule has 0 aliphatic heterocycles. The van der Waals surface area contributed by atoms with E-state index < -0.39 is 44.4 Å². The van der Waals surface area contributed by atoms with Crippen molar-refractivity contribution in [3.8, 4) is 0 Å². The Balaban J connectivity index is 1.87. The zero-order chi connectivity index (χ0) is 26.3. The van der Waals surface area contributed by atoms with Gasteiger partial charge in [0.1, 0.15) is 5.56 Å². The van der Waals surface area contributed by atoms with Gasteiger partial charge in [0, 0.05) is 29.3 Å². The van der Waals surface area contributed by atoms with Crippen molar-refractivity contribution in [3.05, 3.63) is 111 Å². The molecule has 1 atom stereocenters. The first kappa shape index (κ1) is 25.5. The molecular formula is C22H10Cl4N4O6. The first-order chi connectivity index (χ1) is 17.0. The molecule has 3 aromatic rings. The predicted molar refractivity (Wildman–Crippen MR) is 134 cm³/mol. The van der Waals surface area contributed by atoms with Crippen LogP contribution in [0.25, 0.3) is 0 Å². The maximum atomic E-state index is 13.4. The van der Waals surface area contributed by atoms with E-state index in [4.69, 9.17) is 46.4 Å². The summed E-state index contributed by atoms with van der Waals surface area (Å²) < 4.78 is 0. The number of hydrogen-bond donors (Lipinski definition) is 1. The number of benzene rings is 3. The zero-order valence-electron chi connectivity index (χ0n) is 17.5. The molecule has 0 saturated carbocycles. The standard InChI is InChI=1S/C22H10Cl4N4O6/c23-16-14-15(17(24)19(26)18(16)25)21(31)13(9-4-2-1-3-5-9)20(14)27-28-22(32)11-8-10(29(33)34)6-7-12(11)30(35)36/h1-8,13H,(H,28,32)/b27-20+/t13-/m0/s1. The lowest BCUT2D eigenvalue weighted by molar-refractivity contribution is -0.389. The summed E-state index contributed by atoms with van der Waals surface area (Å²) in [6.45, 7) is 0. The summed E-state index contributed by atoms with van der Waals surface area (Å²) in [5.74, 6) is -2.73. The number of carbonyl (C=O) groups excluding carboxylic acids is 2. The third kappa shape index (κ3) is 4.28. The quantitative estimate of drug-likeness (QED) is 0.167. The van der Waals surface area contributed by atoms with E-state index >= 15 is 0 Å². The van der Waals surface area contributed by atoms with E-state index in [9.17, 15) is 29.8 Å². The Morgan fingerprint density at radius 3 is 2.06 bits per heavy atom. The monoisotopic (exact) mass is 566 g/mol. The lowest BCUT2D eigenvalue weighted by atomic mass is 9.94. The van der Waals surface area contributed by atoms with Crippen LogP contribution in [-0.4, -0.2) is 27.2 Å². The van der Waals surface area contributed by atoms with Crippen LogP contribution in [0, 0.1) is 20.2 Å². The third-order valence-corrected chi connectivity index (χ3v) is 7.15. The number of rotatable bonds is 5. The highest BCUT2D eigenvalue weighted by Gasteiger charge is 2.43. The number of halogens is 4. The summed E-state index contributed by atoms with van der Waals surface area (Å²) in [4.78, 5) is 47.1. The minimum atomic E-state index is -1.13. The maximum absolute atomic E-state index is 13.4. The van der Waals surface area contributed by atoms with Gasteiger partial charge in [-0.25, -0.2) is 5.43 Å². The second-order valence-electron chi connectivity index (χ2n) is 7.37. The fourth-order valence-corrected chi connectivity index (χ4v) is 4.78. The SMILES string of the molecule is O=C(N/N=C1/c2c(Cl)c(Cl)c(Cl)c(Cl)c2C(=O)[C@H]1c1ccccc1)c1cc([N+](=O)[O-])ccc1[N+](=O)[O-]. The number of nitrogens with one attached hydrogen (secondary N) is 1. The smallest absolute Gasteiger partial charge is 0.282 e. The number of hydrazone groups is 1. The van der Waals surface area contributed by atoms with Crippen LogP contribution in [0.2, 0.25) is 20.1 Å². The molecule has 0 unspecified atom stereocenters. The van der Waals surface area contributed by atoms with E-state index in [1.165, 1.54) is 0 Å². The fraction of sp³-hybridized carbons (Fsp3) is 0.0455. The van der Waals surface area contributed by atoms with Crippen LogP contribution in [0.3, 0.4) is 0 Å². The molecule has 3 aromatic carbocycles. The van der Waals surface area contributed by atoms with Crippen LogP contribution >= 0.6 is 46.4 Å². The number of nitrogens with zero attached hydrogens (tertiary/aromatic N) is 3. The lowest BCUT2D eigenvalue weighted by Gasteiger charge is -2.12.